The van der Waals surface area contributed by atoms with Crippen LogP contribution in [-0.4, -0.2) is 24.4 Å². The smallest absolute Gasteiger partial charge is 0.0598 e. The summed E-state index contributed by atoms with van der Waals surface area (Å²) < 4.78 is 6.15. The van der Waals surface area contributed by atoms with Crippen molar-refractivity contribution in [3.05, 3.63) is 11.6 Å². The number of aliphatic hydroxyl groups is 1. The molecule has 22 heavy (non-hydrogen) atoms. The number of ether oxygens (including phenoxy) is 1. The lowest BCUT2D eigenvalue weighted by Crippen LogP contribution is -2.22. The molecule has 132 valence electrons. The van der Waals surface area contributed by atoms with Gasteiger partial charge in [0.1, 0.15) is 0 Å². The second-order valence-electron chi connectivity index (χ2n) is 7.60. The molecule has 0 radical (unpaired) electrons. The van der Waals surface area contributed by atoms with Crippen molar-refractivity contribution < 1.29 is 9.84 Å². The van der Waals surface area contributed by atoms with Gasteiger partial charge in [-0.05, 0) is 70.1 Å². The highest BCUT2D eigenvalue weighted by Crippen LogP contribution is 2.20. The molecule has 0 fully saturated rings. The minimum Gasteiger partial charge on any atom is -0.396 e. The van der Waals surface area contributed by atoms with Crippen molar-refractivity contribution in [3.8, 4) is 0 Å². The highest BCUT2D eigenvalue weighted by atomic mass is 16.5. The van der Waals surface area contributed by atoms with E-state index in [0.29, 0.717) is 24.5 Å². The summed E-state index contributed by atoms with van der Waals surface area (Å²) in [6.45, 7) is 14.6. The normalized spacial score (nSPS) is 15.6. The van der Waals surface area contributed by atoms with Gasteiger partial charge in [0.05, 0.1) is 6.10 Å². The third-order valence-electron chi connectivity index (χ3n) is 4.46. The molecule has 0 heterocycles. The Morgan fingerprint density at radius 1 is 0.909 bits per heavy atom. The van der Waals surface area contributed by atoms with Crippen molar-refractivity contribution in [2.24, 2.45) is 17.8 Å². The number of rotatable bonds is 13. The first-order chi connectivity index (χ1) is 10.4. The van der Waals surface area contributed by atoms with E-state index >= 15 is 0 Å². The molecule has 0 saturated heterocycles. The van der Waals surface area contributed by atoms with Crippen molar-refractivity contribution in [3.63, 3.8) is 0 Å². The van der Waals surface area contributed by atoms with Crippen LogP contribution in [0.25, 0.3) is 0 Å². The molecule has 0 aromatic rings. The van der Waals surface area contributed by atoms with Crippen molar-refractivity contribution in [1.29, 1.82) is 0 Å². The molecule has 2 nitrogen and oxygen atoms in total. The molecule has 3 atom stereocenters. The SMILES string of the molecule is CC(C)=CCC[C@@H](C)CCO[C@H](CC[C@@H](C)CCO)C(C)C. The van der Waals surface area contributed by atoms with E-state index < -0.39 is 0 Å². The van der Waals surface area contributed by atoms with Crippen LogP contribution in [0.1, 0.15) is 80.1 Å². The predicted molar refractivity (Wildman–Crippen MR) is 97.1 cm³/mol. The van der Waals surface area contributed by atoms with Crippen LogP contribution in [0.4, 0.5) is 0 Å². The van der Waals surface area contributed by atoms with Crippen molar-refractivity contribution in [2.75, 3.05) is 13.2 Å². The number of aliphatic hydroxyl groups excluding tert-OH is 1. The standard InChI is InChI=1S/C20H40O2/c1-16(2)8-7-9-18(5)13-15-22-20(17(3)4)11-10-19(6)12-14-21/h8,17-21H,7,9-15H2,1-6H3/t18-,19-,20-/m1/s1. The maximum Gasteiger partial charge on any atom is 0.0598 e. The molecule has 1 N–H and O–H groups in total. The van der Waals surface area contributed by atoms with E-state index in [1.165, 1.54) is 18.4 Å². The van der Waals surface area contributed by atoms with E-state index in [1.807, 2.05) is 0 Å². The van der Waals surface area contributed by atoms with E-state index in [2.05, 4.69) is 47.6 Å². The first-order valence-electron chi connectivity index (χ1n) is 9.22. The molecule has 0 aromatic carbocycles. The van der Waals surface area contributed by atoms with Gasteiger partial charge in [0, 0.05) is 13.2 Å². The highest BCUT2D eigenvalue weighted by Gasteiger charge is 2.15. The zero-order valence-electron chi connectivity index (χ0n) is 15.9. The van der Waals surface area contributed by atoms with Crippen LogP contribution < -0.4 is 0 Å². The first kappa shape index (κ1) is 21.7. The Bertz CT molecular complexity index is 279. The average molecular weight is 313 g/mol. The average Bonchev–Trinajstić information content (AvgIpc) is 2.42. The van der Waals surface area contributed by atoms with Crippen molar-refractivity contribution in [1.82, 2.24) is 0 Å². The van der Waals surface area contributed by atoms with Crippen LogP contribution in [0.2, 0.25) is 0 Å². The maximum atomic E-state index is 8.98. The van der Waals surface area contributed by atoms with Crippen LogP contribution in [-0.2, 0) is 4.74 Å². The number of hydrogen-bond acceptors (Lipinski definition) is 2. The Labute approximate surface area is 139 Å². The molecule has 0 amide bonds. The molecular formula is C20H40O2. The summed E-state index contributed by atoms with van der Waals surface area (Å²) in [4.78, 5) is 0. The molecule has 0 spiro atoms. The molecule has 0 rings (SSSR count). The Hall–Kier alpha value is -0.340. The molecule has 0 aliphatic carbocycles. The minimum absolute atomic E-state index is 0.303. The Morgan fingerprint density at radius 2 is 1.55 bits per heavy atom. The lowest BCUT2D eigenvalue weighted by atomic mass is 9.95. The fraction of sp³-hybridized carbons (Fsp3) is 0.900. The fourth-order valence-corrected chi connectivity index (χ4v) is 2.64. The van der Waals surface area contributed by atoms with Crippen LogP contribution in [0, 0.1) is 17.8 Å². The zero-order chi connectivity index (χ0) is 17.0. The summed E-state index contributed by atoms with van der Waals surface area (Å²) in [5.41, 5.74) is 1.42. The molecule has 0 aliphatic heterocycles. The third kappa shape index (κ3) is 12.2. The monoisotopic (exact) mass is 312 g/mol. The van der Waals surface area contributed by atoms with Gasteiger partial charge in [0.2, 0.25) is 0 Å². The molecule has 0 bridgehead atoms. The molecule has 0 aliphatic rings. The van der Waals surface area contributed by atoms with Crippen LogP contribution >= 0.6 is 0 Å². The van der Waals surface area contributed by atoms with Crippen LogP contribution in [0.3, 0.4) is 0 Å². The van der Waals surface area contributed by atoms with Gasteiger partial charge in [-0.1, -0.05) is 39.3 Å². The minimum atomic E-state index is 0.303. The third-order valence-corrected chi connectivity index (χ3v) is 4.46. The van der Waals surface area contributed by atoms with Crippen molar-refractivity contribution in [2.45, 2.75) is 86.2 Å². The van der Waals surface area contributed by atoms with E-state index in [0.717, 1.165) is 38.2 Å². The molecule has 2 heteroatoms. The molecule has 0 aromatic heterocycles. The Morgan fingerprint density at radius 3 is 2.09 bits per heavy atom. The molecule has 0 saturated carbocycles. The summed E-state index contributed by atoms with van der Waals surface area (Å²) in [5, 5.41) is 8.98. The molecular weight excluding hydrogens is 272 g/mol. The van der Waals surface area contributed by atoms with Gasteiger partial charge >= 0.3 is 0 Å². The Kier molecular flexibility index (Phi) is 12.9. The van der Waals surface area contributed by atoms with E-state index in [1.54, 1.807) is 0 Å². The quantitative estimate of drug-likeness (QED) is 0.449. The summed E-state index contributed by atoms with van der Waals surface area (Å²) in [7, 11) is 0. The Balaban J connectivity index is 3.92. The summed E-state index contributed by atoms with van der Waals surface area (Å²) in [6.07, 6.45) is 9.48. The second kappa shape index (κ2) is 13.1. The number of hydrogen-bond donors (Lipinski definition) is 1. The van der Waals surface area contributed by atoms with Gasteiger partial charge in [-0.3, -0.25) is 0 Å². The van der Waals surface area contributed by atoms with Gasteiger partial charge in [-0.15, -0.1) is 0 Å². The van der Waals surface area contributed by atoms with Crippen LogP contribution in [0.15, 0.2) is 11.6 Å². The largest absolute Gasteiger partial charge is 0.396 e. The van der Waals surface area contributed by atoms with E-state index in [9.17, 15) is 0 Å². The highest BCUT2D eigenvalue weighted by molar-refractivity contribution is 4.92. The van der Waals surface area contributed by atoms with E-state index in [4.69, 9.17) is 9.84 Å². The predicted octanol–water partition coefficient (Wildman–Crippen LogP) is 5.60. The van der Waals surface area contributed by atoms with Gasteiger partial charge < -0.3 is 9.84 Å². The maximum absolute atomic E-state index is 8.98. The van der Waals surface area contributed by atoms with Gasteiger partial charge in [0.25, 0.3) is 0 Å². The fourth-order valence-electron chi connectivity index (χ4n) is 2.64. The van der Waals surface area contributed by atoms with Gasteiger partial charge in [-0.25, -0.2) is 0 Å². The topological polar surface area (TPSA) is 29.5 Å². The summed E-state index contributed by atoms with van der Waals surface area (Å²) in [5.74, 6) is 1.90. The first-order valence-corrected chi connectivity index (χ1v) is 9.22. The number of allylic oxidation sites excluding steroid dienone is 2. The summed E-state index contributed by atoms with van der Waals surface area (Å²) >= 11 is 0. The summed E-state index contributed by atoms with van der Waals surface area (Å²) in [6, 6.07) is 0. The molecule has 0 unspecified atom stereocenters. The van der Waals surface area contributed by atoms with Crippen molar-refractivity contribution >= 4 is 0 Å². The zero-order valence-corrected chi connectivity index (χ0v) is 15.9. The van der Waals surface area contributed by atoms with Gasteiger partial charge in [-0.2, -0.15) is 0 Å². The van der Waals surface area contributed by atoms with E-state index in [-0.39, 0.29) is 0 Å². The van der Waals surface area contributed by atoms with Crippen LogP contribution in [0.5, 0.6) is 0 Å². The lowest BCUT2D eigenvalue weighted by molar-refractivity contribution is 0.00658. The lowest BCUT2D eigenvalue weighted by Gasteiger charge is -2.24. The van der Waals surface area contributed by atoms with Gasteiger partial charge in [0.15, 0.2) is 0 Å². The second-order valence-corrected chi connectivity index (χ2v) is 7.60.